The van der Waals surface area contributed by atoms with E-state index < -0.39 is 41.6 Å². The van der Waals surface area contributed by atoms with Crippen LogP contribution in [-0.4, -0.2) is 29.1 Å². The highest BCUT2D eigenvalue weighted by molar-refractivity contribution is 5.88. The number of fused-ring (bicyclic) bond motifs is 1. The predicted molar refractivity (Wildman–Crippen MR) is 104 cm³/mol. The van der Waals surface area contributed by atoms with Gasteiger partial charge >= 0.3 is 0 Å². The van der Waals surface area contributed by atoms with Gasteiger partial charge in [0.05, 0.1) is 18.6 Å². The monoisotopic (exact) mass is 402 g/mol. The van der Waals surface area contributed by atoms with E-state index in [1.807, 2.05) is 24.3 Å². The molecule has 1 aliphatic carbocycles. The number of hydrogen-bond acceptors (Lipinski definition) is 3. The SMILES string of the molecule is CC(NC(=O)Cc1cc(F)cc(F)c1)C(=O)NC1c2ccccc2CCCC1O. The maximum absolute atomic E-state index is 13.3. The number of halogens is 2. The molecule has 154 valence electrons. The number of aliphatic hydroxyl groups excluding tert-OH is 1. The van der Waals surface area contributed by atoms with Gasteiger partial charge in [-0.3, -0.25) is 9.59 Å². The number of amides is 2. The third-order valence-corrected chi connectivity index (χ3v) is 5.08. The molecule has 0 radical (unpaired) electrons. The number of rotatable bonds is 5. The van der Waals surface area contributed by atoms with Gasteiger partial charge in [-0.05, 0) is 55.0 Å². The minimum absolute atomic E-state index is 0.181. The van der Waals surface area contributed by atoms with Gasteiger partial charge in [-0.25, -0.2) is 8.78 Å². The lowest BCUT2D eigenvalue weighted by Crippen LogP contribution is -2.48. The van der Waals surface area contributed by atoms with Crippen LogP contribution in [0.2, 0.25) is 0 Å². The molecule has 1 aliphatic rings. The summed E-state index contributed by atoms with van der Waals surface area (Å²) in [5, 5.41) is 15.8. The smallest absolute Gasteiger partial charge is 0.242 e. The Labute approximate surface area is 168 Å². The van der Waals surface area contributed by atoms with Crippen LogP contribution in [0.1, 0.15) is 42.5 Å². The number of aryl methyl sites for hydroxylation is 1. The summed E-state index contributed by atoms with van der Waals surface area (Å²) in [6.45, 7) is 1.52. The Morgan fingerprint density at radius 2 is 1.86 bits per heavy atom. The van der Waals surface area contributed by atoms with E-state index in [2.05, 4.69) is 10.6 Å². The molecule has 0 saturated carbocycles. The van der Waals surface area contributed by atoms with Crippen LogP contribution in [-0.2, 0) is 22.4 Å². The van der Waals surface area contributed by atoms with Crippen LogP contribution in [0, 0.1) is 11.6 Å². The third-order valence-electron chi connectivity index (χ3n) is 5.08. The van der Waals surface area contributed by atoms with E-state index >= 15 is 0 Å². The van der Waals surface area contributed by atoms with Gasteiger partial charge in [0, 0.05) is 6.07 Å². The third kappa shape index (κ3) is 5.38. The highest BCUT2D eigenvalue weighted by Gasteiger charge is 2.29. The minimum Gasteiger partial charge on any atom is -0.391 e. The number of aliphatic hydroxyl groups is 1. The van der Waals surface area contributed by atoms with Crippen molar-refractivity contribution >= 4 is 11.8 Å². The summed E-state index contributed by atoms with van der Waals surface area (Å²) >= 11 is 0. The van der Waals surface area contributed by atoms with Crippen LogP contribution in [0.4, 0.5) is 8.78 Å². The molecule has 3 rings (SSSR count). The van der Waals surface area contributed by atoms with Gasteiger partial charge in [0.2, 0.25) is 11.8 Å². The molecule has 0 bridgehead atoms. The van der Waals surface area contributed by atoms with Crippen molar-refractivity contribution in [1.82, 2.24) is 10.6 Å². The second-order valence-corrected chi connectivity index (χ2v) is 7.39. The molecule has 5 nitrogen and oxygen atoms in total. The van der Waals surface area contributed by atoms with E-state index in [0.29, 0.717) is 6.42 Å². The molecule has 0 fully saturated rings. The Hall–Kier alpha value is -2.80. The fourth-order valence-corrected chi connectivity index (χ4v) is 3.65. The predicted octanol–water partition coefficient (Wildman–Crippen LogP) is 2.57. The normalized spacial score (nSPS) is 19.6. The Morgan fingerprint density at radius 1 is 1.17 bits per heavy atom. The Morgan fingerprint density at radius 3 is 2.59 bits per heavy atom. The Kier molecular flexibility index (Phi) is 6.59. The molecule has 2 amide bonds. The molecule has 3 atom stereocenters. The summed E-state index contributed by atoms with van der Waals surface area (Å²) in [4.78, 5) is 24.8. The van der Waals surface area contributed by atoms with Crippen molar-refractivity contribution in [3.8, 4) is 0 Å². The highest BCUT2D eigenvalue weighted by atomic mass is 19.1. The van der Waals surface area contributed by atoms with Crippen LogP contribution < -0.4 is 10.6 Å². The van der Waals surface area contributed by atoms with E-state index in [4.69, 9.17) is 0 Å². The van der Waals surface area contributed by atoms with E-state index in [-0.39, 0.29) is 12.0 Å². The van der Waals surface area contributed by atoms with Gasteiger partial charge in [-0.15, -0.1) is 0 Å². The standard InChI is InChI=1S/C22H24F2N2O3/c1-13(25-20(28)11-14-9-16(23)12-17(24)10-14)22(29)26-21-18-7-3-2-5-15(18)6-4-8-19(21)27/h2-3,5,7,9-10,12-13,19,21,27H,4,6,8,11H2,1H3,(H,25,28)(H,26,29). The van der Waals surface area contributed by atoms with Gasteiger partial charge in [0.25, 0.3) is 0 Å². The average Bonchev–Trinajstić information content (AvgIpc) is 2.80. The van der Waals surface area contributed by atoms with Crippen molar-refractivity contribution in [3.63, 3.8) is 0 Å². The zero-order chi connectivity index (χ0) is 21.0. The molecule has 2 aromatic carbocycles. The zero-order valence-electron chi connectivity index (χ0n) is 16.1. The first-order chi connectivity index (χ1) is 13.8. The first kappa shape index (κ1) is 20.9. The van der Waals surface area contributed by atoms with Crippen LogP contribution in [0.3, 0.4) is 0 Å². The van der Waals surface area contributed by atoms with E-state index in [0.717, 1.165) is 42.2 Å². The maximum Gasteiger partial charge on any atom is 0.242 e. The van der Waals surface area contributed by atoms with Crippen molar-refractivity contribution < 1.29 is 23.5 Å². The van der Waals surface area contributed by atoms with Crippen LogP contribution in [0.15, 0.2) is 42.5 Å². The Balaban J connectivity index is 1.63. The van der Waals surface area contributed by atoms with Crippen molar-refractivity contribution in [2.75, 3.05) is 0 Å². The summed E-state index contributed by atoms with van der Waals surface area (Å²) in [6, 6.07) is 9.10. The molecular weight excluding hydrogens is 378 g/mol. The number of hydrogen-bond donors (Lipinski definition) is 3. The summed E-state index contributed by atoms with van der Waals surface area (Å²) in [7, 11) is 0. The Bertz CT molecular complexity index is 883. The molecule has 0 heterocycles. The fraction of sp³-hybridized carbons (Fsp3) is 0.364. The lowest BCUT2D eigenvalue weighted by atomic mass is 9.97. The molecule has 3 unspecified atom stereocenters. The quantitative estimate of drug-likeness (QED) is 0.673. The molecule has 7 heteroatoms. The van der Waals surface area contributed by atoms with Crippen molar-refractivity contribution in [2.45, 2.75) is 50.8 Å². The van der Waals surface area contributed by atoms with Crippen molar-refractivity contribution in [1.29, 1.82) is 0 Å². The summed E-state index contributed by atoms with van der Waals surface area (Å²) < 4.78 is 26.5. The second kappa shape index (κ2) is 9.13. The van der Waals surface area contributed by atoms with Gasteiger partial charge in [0.1, 0.15) is 17.7 Å². The van der Waals surface area contributed by atoms with E-state index in [9.17, 15) is 23.5 Å². The molecular formula is C22H24F2N2O3. The molecule has 0 aromatic heterocycles. The summed E-state index contributed by atoms with van der Waals surface area (Å²) in [6.07, 6.45) is 1.24. The lowest BCUT2D eigenvalue weighted by molar-refractivity contribution is -0.129. The summed E-state index contributed by atoms with van der Waals surface area (Å²) in [5.41, 5.74) is 2.14. The summed E-state index contributed by atoms with van der Waals surface area (Å²) in [5.74, 6) is -2.50. The number of benzene rings is 2. The van der Waals surface area contributed by atoms with Crippen molar-refractivity contribution in [2.24, 2.45) is 0 Å². The molecule has 0 aliphatic heterocycles. The van der Waals surface area contributed by atoms with Crippen molar-refractivity contribution in [3.05, 3.63) is 70.8 Å². The van der Waals surface area contributed by atoms with Gasteiger partial charge in [-0.2, -0.15) is 0 Å². The van der Waals surface area contributed by atoms with E-state index in [1.54, 1.807) is 0 Å². The van der Waals surface area contributed by atoms with Crippen LogP contribution in [0.25, 0.3) is 0 Å². The number of carbonyl (C=O) groups excluding carboxylic acids is 2. The average molecular weight is 402 g/mol. The minimum atomic E-state index is -0.872. The molecule has 3 N–H and O–H groups in total. The first-order valence-electron chi connectivity index (χ1n) is 9.64. The molecule has 29 heavy (non-hydrogen) atoms. The molecule has 2 aromatic rings. The number of carbonyl (C=O) groups is 2. The highest BCUT2D eigenvalue weighted by Crippen LogP contribution is 2.29. The maximum atomic E-state index is 13.3. The van der Waals surface area contributed by atoms with Gasteiger partial charge in [-0.1, -0.05) is 24.3 Å². The topological polar surface area (TPSA) is 78.4 Å². The zero-order valence-corrected chi connectivity index (χ0v) is 16.1. The van der Waals surface area contributed by atoms with E-state index in [1.165, 1.54) is 6.92 Å². The van der Waals surface area contributed by atoms with Crippen LogP contribution in [0.5, 0.6) is 0 Å². The largest absolute Gasteiger partial charge is 0.391 e. The van der Waals surface area contributed by atoms with Gasteiger partial charge in [0.15, 0.2) is 0 Å². The van der Waals surface area contributed by atoms with Crippen LogP contribution >= 0.6 is 0 Å². The molecule has 0 saturated heterocycles. The lowest BCUT2D eigenvalue weighted by Gasteiger charge is -2.26. The second-order valence-electron chi connectivity index (χ2n) is 7.39. The fourth-order valence-electron chi connectivity index (χ4n) is 3.65. The molecule has 0 spiro atoms. The number of nitrogens with one attached hydrogen (secondary N) is 2. The first-order valence-corrected chi connectivity index (χ1v) is 9.64. The van der Waals surface area contributed by atoms with Gasteiger partial charge < -0.3 is 15.7 Å².